The second-order valence-corrected chi connectivity index (χ2v) is 5.59. The van der Waals surface area contributed by atoms with Crippen LogP contribution in [0.2, 0.25) is 0 Å². The summed E-state index contributed by atoms with van der Waals surface area (Å²) >= 11 is 3.37. The molecule has 0 radical (unpaired) electrons. The molecule has 1 aromatic rings. The van der Waals surface area contributed by atoms with Crippen molar-refractivity contribution >= 4 is 21.8 Å². The van der Waals surface area contributed by atoms with Gasteiger partial charge in [-0.1, -0.05) is 15.9 Å². The fourth-order valence-corrected chi connectivity index (χ4v) is 2.16. The Hall–Kier alpha value is -1.07. The molecule has 1 fully saturated rings. The van der Waals surface area contributed by atoms with Crippen LogP contribution >= 0.6 is 15.9 Å². The second kappa shape index (κ2) is 5.28. The first-order chi connectivity index (χ1) is 8.47. The smallest absolute Gasteiger partial charge is 0.257 e. The van der Waals surface area contributed by atoms with Gasteiger partial charge in [-0.3, -0.25) is 4.79 Å². The van der Waals surface area contributed by atoms with Gasteiger partial charge < -0.3 is 14.7 Å². The molecule has 0 atom stereocenters. The van der Waals surface area contributed by atoms with Gasteiger partial charge in [0.05, 0.1) is 17.8 Å². The molecule has 0 bridgehead atoms. The standard InChI is InChI=1S/C13H16BrNO3/c1-8(2)18-12-5-9(14)3-4-11(12)13(17)15-6-10(16)7-15/h3-5,8,10,16H,6-7H2,1-2H3. The number of aliphatic hydroxyl groups is 1. The van der Waals surface area contributed by atoms with E-state index in [-0.39, 0.29) is 18.1 Å². The molecule has 0 aliphatic carbocycles. The van der Waals surface area contributed by atoms with Gasteiger partial charge in [-0.15, -0.1) is 0 Å². The minimum atomic E-state index is -0.390. The number of ether oxygens (including phenoxy) is 1. The van der Waals surface area contributed by atoms with Gasteiger partial charge in [0.2, 0.25) is 0 Å². The molecular formula is C13H16BrNO3. The lowest BCUT2D eigenvalue weighted by Crippen LogP contribution is -2.53. The van der Waals surface area contributed by atoms with Crippen molar-refractivity contribution in [1.82, 2.24) is 4.90 Å². The summed E-state index contributed by atoms with van der Waals surface area (Å²) in [5.74, 6) is 0.481. The van der Waals surface area contributed by atoms with E-state index in [1.807, 2.05) is 19.9 Å². The van der Waals surface area contributed by atoms with Crippen LogP contribution in [-0.2, 0) is 0 Å². The highest BCUT2D eigenvalue weighted by Gasteiger charge is 2.31. The Balaban J connectivity index is 2.23. The van der Waals surface area contributed by atoms with Gasteiger partial charge in [-0.2, -0.15) is 0 Å². The van der Waals surface area contributed by atoms with Crippen LogP contribution in [0.1, 0.15) is 24.2 Å². The van der Waals surface area contributed by atoms with E-state index in [4.69, 9.17) is 4.74 Å². The zero-order valence-electron chi connectivity index (χ0n) is 10.4. The molecule has 2 rings (SSSR count). The average molecular weight is 314 g/mol. The number of rotatable bonds is 3. The lowest BCUT2D eigenvalue weighted by atomic mass is 10.1. The fourth-order valence-electron chi connectivity index (χ4n) is 1.82. The molecule has 5 heteroatoms. The molecule has 1 heterocycles. The number of amides is 1. The van der Waals surface area contributed by atoms with E-state index >= 15 is 0 Å². The lowest BCUT2D eigenvalue weighted by molar-refractivity contribution is 0.00558. The molecule has 1 aliphatic rings. The summed E-state index contributed by atoms with van der Waals surface area (Å²) in [6.07, 6.45) is -0.383. The van der Waals surface area contributed by atoms with Crippen LogP contribution in [0.15, 0.2) is 22.7 Å². The zero-order valence-corrected chi connectivity index (χ0v) is 12.0. The van der Waals surface area contributed by atoms with Gasteiger partial charge in [0.25, 0.3) is 5.91 Å². The molecule has 0 saturated carbocycles. The number of likely N-dealkylation sites (tertiary alicyclic amines) is 1. The number of carbonyl (C=O) groups excluding carboxylic acids is 1. The molecule has 1 N–H and O–H groups in total. The summed E-state index contributed by atoms with van der Waals surface area (Å²) in [6, 6.07) is 5.36. The highest BCUT2D eigenvalue weighted by atomic mass is 79.9. The van der Waals surface area contributed by atoms with Crippen molar-refractivity contribution in [2.45, 2.75) is 26.1 Å². The maximum absolute atomic E-state index is 12.2. The highest BCUT2D eigenvalue weighted by Crippen LogP contribution is 2.27. The van der Waals surface area contributed by atoms with Crippen LogP contribution in [0, 0.1) is 0 Å². The lowest BCUT2D eigenvalue weighted by Gasteiger charge is -2.36. The molecule has 0 spiro atoms. The number of carbonyl (C=O) groups is 1. The zero-order chi connectivity index (χ0) is 13.3. The van der Waals surface area contributed by atoms with Crippen LogP contribution in [0.5, 0.6) is 5.75 Å². The first kappa shape index (κ1) is 13.4. The van der Waals surface area contributed by atoms with Crippen molar-refractivity contribution in [3.8, 4) is 5.75 Å². The molecule has 18 heavy (non-hydrogen) atoms. The van der Waals surface area contributed by atoms with E-state index in [0.717, 1.165) is 4.47 Å². The van der Waals surface area contributed by atoms with Gasteiger partial charge in [0.1, 0.15) is 5.75 Å². The van der Waals surface area contributed by atoms with Gasteiger partial charge >= 0.3 is 0 Å². The quantitative estimate of drug-likeness (QED) is 0.929. The number of halogens is 1. The van der Waals surface area contributed by atoms with Crippen LogP contribution in [0.4, 0.5) is 0 Å². The Morgan fingerprint density at radius 2 is 2.17 bits per heavy atom. The maximum Gasteiger partial charge on any atom is 0.257 e. The van der Waals surface area contributed by atoms with Crippen LogP contribution in [0.3, 0.4) is 0 Å². The normalized spacial score (nSPS) is 15.7. The number of aliphatic hydroxyl groups excluding tert-OH is 1. The maximum atomic E-state index is 12.2. The van der Waals surface area contributed by atoms with E-state index in [9.17, 15) is 9.90 Å². The van der Waals surface area contributed by atoms with Gasteiger partial charge in [0, 0.05) is 17.6 Å². The minimum absolute atomic E-state index is 0.00725. The predicted molar refractivity (Wildman–Crippen MR) is 71.8 cm³/mol. The van der Waals surface area contributed by atoms with Crippen LogP contribution in [-0.4, -0.2) is 41.2 Å². The number of β-amino-alcohol motifs (C(OH)–C–C–N with tert-alkyl or cyclic N) is 1. The van der Waals surface area contributed by atoms with Crippen molar-refractivity contribution in [2.24, 2.45) is 0 Å². The number of nitrogens with zero attached hydrogens (tertiary/aromatic N) is 1. The van der Waals surface area contributed by atoms with Crippen molar-refractivity contribution in [2.75, 3.05) is 13.1 Å². The largest absolute Gasteiger partial charge is 0.490 e. The molecule has 1 amide bonds. The van der Waals surface area contributed by atoms with Gasteiger partial charge in [-0.05, 0) is 32.0 Å². The number of hydrogen-bond donors (Lipinski definition) is 1. The van der Waals surface area contributed by atoms with Crippen molar-refractivity contribution in [3.63, 3.8) is 0 Å². The first-order valence-corrected chi connectivity index (χ1v) is 6.70. The summed E-state index contributed by atoms with van der Waals surface area (Å²) in [4.78, 5) is 13.8. The van der Waals surface area contributed by atoms with E-state index in [2.05, 4.69) is 15.9 Å². The summed E-state index contributed by atoms with van der Waals surface area (Å²) < 4.78 is 6.53. The van der Waals surface area contributed by atoms with Crippen LogP contribution in [0.25, 0.3) is 0 Å². The van der Waals surface area contributed by atoms with Crippen molar-refractivity contribution in [1.29, 1.82) is 0 Å². The average Bonchev–Trinajstić information content (AvgIpc) is 2.23. The third-order valence-electron chi connectivity index (χ3n) is 2.69. The van der Waals surface area contributed by atoms with Crippen molar-refractivity contribution in [3.05, 3.63) is 28.2 Å². The fraction of sp³-hybridized carbons (Fsp3) is 0.462. The third-order valence-corrected chi connectivity index (χ3v) is 3.18. The van der Waals surface area contributed by atoms with E-state index < -0.39 is 0 Å². The predicted octanol–water partition coefficient (Wildman–Crippen LogP) is 2.05. The third kappa shape index (κ3) is 2.84. The van der Waals surface area contributed by atoms with E-state index in [1.54, 1.807) is 17.0 Å². The van der Waals surface area contributed by atoms with Crippen LogP contribution < -0.4 is 4.74 Å². The molecular weight excluding hydrogens is 298 g/mol. The molecule has 0 aromatic heterocycles. The molecule has 1 aromatic carbocycles. The molecule has 4 nitrogen and oxygen atoms in total. The van der Waals surface area contributed by atoms with E-state index in [0.29, 0.717) is 24.4 Å². The Labute approximate surface area is 115 Å². The topological polar surface area (TPSA) is 49.8 Å². The summed E-state index contributed by atoms with van der Waals surface area (Å²) in [5, 5.41) is 9.24. The van der Waals surface area contributed by atoms with E-state index in [1.165, 1.54) is 0 Å². The van der Waals surface area contributed by atoms with Gasteiger partial charge in [-0.25, -0.2) is 0 Å². The molecule has 1 aliphatic heterocycles. The minimum Gasteiger partial charge on any atom is -0.490 e. The first-order valence-electron chi connectivity index (χ1n) is 5.91. The summed E-state index contributed by atoms with van der Waals surface area (Å²) in [7, 11) is 0. The van der Waals surface area contributed by atoms with Gasteiger partial charge in [0.15, 0.2) is 0 Å². The van der Waals surface area contributed by atoms with Crippen molar-refractivity contribution < 1.29 is 14.6 Å². The Morgan fingerprint density at radius 3 is 2.72 bits per heavy atom. The monoisotopic (exact) mass is 313 g/mol. The second-order valence-electron chi connectivity index (χ2n) is 4.67. The number of benzene rings is 1. The highest BCUT2D eigenvalue weighted by molar-refractivity contribution is 9.10. The summed E-state index contributed by atoms with van der Waals surface area (Å²) in [5.41, 5.74) is 0.541. The number of hydrogen-bond acceptors (Lipinski definition) is 3. The Morgan fingerprint density at radius 1 is 1.50 bits per heavy atom. The summed E-state index contributed by atoms with van der Waals surface area (Å²) in [6.45, 7) is 4.64. The Bertz CT molecular complexity index is 456. The Kier molecular flexibility index (Phi) is 3.92. The molecule has 98 valence electrons. The SMILES string of the molecule is CC(C)Oc1cc(Br)ccc1C(=O)N1CC(O)C1. The molecule has 0 unspecified atom stereocenters. The molecule has 1 saturated heterocycles.